The van der Waals surface area contributed by atoms with Crippen molar-refractivity contribution in [1.29, 1.82) is 0 Å². The van der Waals surface area contributed by atoms with E-state index >= 15 is 0 Å². The Kier molecular flexibility index (Phi) is 3.58. The molecule has 0 saturated heterocycles. The molecule has 6 heteroatoms. The van der Waals surface area contributed by atoms with Crippen molar-refractivity contribution >= 4 is 21.8 Å². The fourth-order valence-corrected chi connectivity index (χ4v) is 3.64. The topological polar surface area (TPSA) is 63.1 Å². The van der Waals surface area contributed by atoms with Gasteiger partial charge in [-0.2, -0.15) is 0 Å². The Morgan fingerprint density at radius 2 is 1.86 bits per heavy atom. The van der Waals surface area contributed by atoms with Crippen LogP contribution in [0.3, 0.4) is 0 Å². The van der Waals surface area contributed by atoms with E-state index in [0.29, 0.717) is 16.6 Å². The molecule has 0 saturated carbocycles. The lowest BCUT2D eigenvalue weighted by Crippen LogP contribution is -1.97. The minimum atomic E-state index is -0.458. The number of aromatic nitrogens is 3. The number of aromatic hydroxyl groups is 1. The van der Waals surface area contributed by atoms with Gasteiger partial charge in [0, 0.05) is 16.3 Å². The summed E-state index contributed by atoms with van der Waals surface area (Å²) in [4.78, 5) is 7.32. The number of methoxy groups -OCH3 is 1. The van der Waals surface area contributed by atoms with Gasteiger partial charge in [-0.1, -0.05) is 18.2 Å². The van der Waals surface area contributed by atoms with E-state index in [2.05, 4.69) is 9.97 Å². The largest absolute Gasteiger partial charge is 0.494 e. The summed E-state index contributed by atoms with van der Waals surface area (Å²) in [5, 5.41) is 12.5. The summed E-state index contributed by atoms with van der Waals surface area (Å²) in [6.45, 7) is 0. The number of halogens is 1. The molecule has 0 bridgehead atoms. The van der Waals surface area contributed by atoms with Crippen LogP contribution in [0.25, 0.3) is 38.8 Å². The van der Waals surface area contributed by atoms with Gasteiger partial charge >= 0.3 is 0 Å². The molecule has 28 heavy (non-hydrogen) atoms. The molecule has 2 heterocycles. The van der Waals surface area contributed by atoms with Gasteiger partial charge in [-0.25, -0.2) is 9.37 Å². The van der Waals surface area contributed by atoms with Crippen LogP contribution >= 0.6 is 0 Å². The van der Waals surface area contributed by atoms with Gasteiger partial charge in [-0.3, -0.25) is 4.57 Å². The van der Waals surface area contributed by atoms with Gasteiger partial charge in [0.2, 0.25) is 5.88 Å². The normalized spacial score (nSPS) is 11.4. The number of nitrogens with zero attached hydrogens (tertiary/aromatic N) is 2. The lowest BCUT2D eigenvalue weighted by Gasteiger charge is -2.12. The van der Waals surface area contributed by atoms with Crippen molar-refractivity contribution < 1.29 is 14.2 Å². The average molecular weight is 373 g/mol. The van der Waals surface area contributed by atoms with E-state index in [1.807, 2.05) is 42.5 Å². The number of aromatic amines is 1. The van der Waals surface area contributed by atoms with Crippen LogP contribution in [-0.4, -0.2) is 26.8 Å². The summed E-state index contributed by atoms with van der Waals surface area (Å²) in [6, 6.07) is 18.0. The molecule has 2 N–H and O–H groups in total. The molecule has 0 spiro atoms. The van der Waals surface area contributed by atoms with Crippen molar-refractivity contribution in [2.24, 2.45) is 0 Å². The van der Waals surface area contributed by atoms with Crippen LogP contribution in [0.5, 0.6) is 11.6 Å². The summed E-state index contributed by atoms with van der Waals surface area (Å²) < 4.78 is 21.2. The molecule has 0 atom stereocenters. The predicted octanol–water partition coefficient (Wildman–Crippen LogP) is 5.03. The van der Waals surface area contributed by atoms with Crippen LogP contribution < -0.4 is 4.74 Å². The first kappa shape index (κ1) is 16.4. The molecule has 0 unspecified atom stereocenters. The average Bonchev–Trinajstić information content (AvgIpc) is 3.30. The SMILES string of the molecule is COc1ccc(-c2c3ccccc3c(O)n2-c2ccc3nc[nH]c3c2)cc1F. The first-order chi connectivity index (χ1) is 13.7. The number of benzene rings is 3. The highest BCUT2D eigenvalue weighted by atomic mass is 19.1. The monoisotopic (exact) mass is 373 g/mol. The molecule has 5 aromatic rings. The lowest BCUT2D eigenvalue weighted by atomic mass is 10.1. The molecule has 138 valence electrons. The summed E-state index contributed by atoms with van der Waals surface area (Å²) in [5.74, 6) is -0.185. The third kappa shape index (κ3) is 2.35. The molecular formula is C22H16FN3O2. The second-order valence-corrected chi connectivity index (χ2v) is 6.51. The van der Waals surface area contributed by atoms with Crippen LogP contribution in [0.15, 0.2) is 67.0 Å². The zero-order chi connectivity index (χ0) is 19.3. The number of ether oxygens (including phenoxy) is 1. The lowest BCUT2D eigenvalue weighted by molar-refractivity contribution is 0.386. The van der Waals surface area contributed by atoms with Gasteiger partial charge in [0.05, 0.1) is 35.9 Å². The summed E-state index contributed by atoms with van der Waals surface area (Å²) in [6.07, 6.45) is 1.63. The standard InChI is InChI=1S/C22H16FN3O2/c1-28-20-9-6-13(10-17(20)23)21-15-4-2-3-5-16(15)22(27)26(21)14-7-8-18-19(11-14)25-12-24-18/h2-12,27H,1H3,(H,24,25). The van der Waals surface area contributed by atoms with Crippen LogP contribution in [0.1, 0.15) is 0 Å². The smallest absolute Gasteiger partial charge is 0.204 e. The molecule has 0 aliphatic heterocycles. The molecule has 5 nitrogen and oxygen atoms in total. The van der Waals surface area contributed by atoms with Crippen molar-refractivity contribution in [2.75, 3.05) is 7.11 Å². The number of nitrogens with one attached hydrogen (secondary N) is 1. The van der Waals surface area contributed by atoms with E-state index in [1.54, 1.807) is 23.0 Å². The molecule has 2 aromatic heterocycles. The Morgan fingerprint density at radius 1 is 1.04 bits per heavy atom. The first-order valence-corrected chi connectivity index (χ1v) is 8.77. The highest BCUT2D eigenvalue weighted by Crippen LogP contribution is 2.41. The minimum absolute atomic E-state index is 0.0979. The Morgan fingerprint density at radius 3 is 2.64 bits per heavy atom. The van der Waals surface area contributed by atoms with Crippen LogP contribution in [0, 0.1) is 5.82 Å². The second kappa shape index (κ2) is 6.13. The van der Waals surface area contributed by atoms with E-state index in [-0.39, 0.29) is 11.6 Å². The third-order valence-corrected chi connectivity index (χ3v) is 4.95. The number of rotatable bonds is 3. The molecule has 0 fully saturated rings. The fraction of sp³-hybridized carbons (Fsp3) is 0.0455. The van der Waals surface area contributed by atoms with Crippen LogP contribution in [-0.2, 0) is 0 Å². The number of hydrogen-bond donors (Lipinski definition) is 2. The number of H-pyrrole nitrogens is 1. The maximum atomic E-state index is 14.4. The number of hydrogen-bond acceptors (Lipinski definition) is 3. The Balaban J connectivity index is 1.84. The predicted molar refractivity (Wildman–Crippen MR) is 107 cm³/mol. The highest BCUT2D eigenvalue weighted by molar-refractivity contribution is 6.01. The van der Waals surface area contributed by atoms with E-state index in [4.69, 9.17) is 4.74 Å². The Labute approximate surface area is 159 Å². The van der Waals surface area contributed by atoms with Crippen LogP contribution in [0.2, 0.25) is 0 Å². The Hall–Kier alpha value is -3.80. The molecule has 0 radical (unpaired) electrons. The van der Waals surface area contributed by atoms with Crippen molar-refractivity contribution in [3.05, 3.63) is 72.8 Å². The van der Waals surface area contributed by atoms with Gasteiger partial charge in [0.1, 0.15) is 0 Å². The van der Waals surface area contributed by atoms with Gasteiger partial charge in [0.15, 0.2) is 11.6 Å². The van der Waals surface area contributed by atoms with Gasteiger partial charge in [-0.05, 0) is 42.5 Å². The van der Waals surface area contributed by atoms with Crippen molar-refractivity contribution in [3.63, 3.8) is 0 Å². The molecular weight excluding hydrogens is 357 g/mol. The maximum absolute atomic E-state index is 14.4. The summed E-state index contributed by atoms with van der Waals surface area (Å²) in [7, 11) is 1.43. The van der Waals surface area contributed by atoms with E-state index in [0.717, 1.165) is 22.1 Å². The minimum Gasteiger partial charge on any atom is -0.494 e. The van der Waals surface area contributed by atoms with E-state index in [1.165, 1.54) is 13.2 Å². The molecule has 0 aliphatic rings. The molecule has 5 rings (SSSR count). The van der Waals surface area contributed by atoms with Gasteiger partial charge < -0.3 is 14.8 Å². The van der Waals surface area contributed by atoms with E-state index < -0.39 is 5.82 Å². The van der Waals surface area contributed by atoms with Crippen LogP contribution in [0.4, 0.5) is 4.39 Å². The third-order valence-electron chi connectivity index (χ3n) is 4.95. The quantitative estimate of drug-likeness (QED) is 0.466. The van der Waals surface area contributed by atoms with E-state index in [9.17, 15) is 9.50 Å². The van der Waals surface area contributed by atoms with Crippen molar-refractivity contribution in [3.8, 4) is 28.6 Å². The fourth-order valence-electron chi connectivity index (χ4n) is 3.64. The number of imidazole rings is 1. The first-order valence-electron chi connectivity index (χ1n) is 8.77. The summed E-state index contributed by atoms with van der Waals surface area (Å²) >= 11 is 0. The molecule has 0 amide bonds. The number of fused-ring (bicyclic) bond motifs is 2. The van der Waals surface area contributed by atoms with Crippen molar-refractivity contribution in [1.82, 2.24) is 14.5 Å². The van der Waals surface area contributed by atoms with Gasteiger partial charge in [0.25, 0.3) is 0 Å². The zero-order valence-corrected chi connectivity index (χ0v) is 15.0. The Bertz CT molecular complexity index is 1340. The zero-order valence-electron chi connectivity index (χ0n) is 15.0. The molecule has 0 aliphatic carbocycles. The van der Waals surface area contributed by atoms with Crippen molar-refractivity contribution in [2.45, 2.75) is 0 Å². The molecule has 3 aromatic carbocycles. The van der Waals surface area contributed by atoms with Gasteiger partial charge in [-0.15, -0.1) is 0 Å². The maximum Gasteiger partial charge on any atom is 0.204 e. The highest BCUT2D eigenvalue weighted by Gasteiger charge is 2.20. The second-order valence-electron chi connectivity index (χ2n) is 6.51. The summed E-state index contributed by atoms with van der Waals surface area (Å²) in [5.41, 5.74) is 3.77.